The average molecular weight is 540 g/mol. The van der Waals surface area contributed by atoms with Gasteiger partial charge in [0.15, 0.2) is 0 Å². The molecule has 0 atom stereocenters. The molecule has 7 heteroatoms. The summed E-state index contributed by atoms with van der Waals surface area (Å²) in [6.07, 6.45) is 3.78. The second-order valence-corrected chi connectivity index (χ2v) is 11.6. The molecule has 6 nitrogen and oxygen atoms in total. The molecule has 0 saturated carbocycles. The van der Waals surface area contributed by atoms with E-state index in [-0.39, 0.29) is 17.3 Å². The summed E-state index contributed by atoms with van der Waals surface area (Å²) in [5, 5.41) is 2.99. The van der Waals surface area contributed by atoms with E-state index in [4.69, 9.17) is 0 Å². The van der Waals surface area contributed by atoms with E-state index in [1.165, 1.54) is 29.3 Å². The maximum Gasteiger partial charge on any atom is 0.264 e. The molecular formula is C32H33N3O3S. The molecule has 1 heterocycles. The van der Waals surface area contributed by atoms with E-state index in [0.29, 0.717) is 17.8 Å². The highest BCUT2D eigenvalue weighted by Gasteiger charge is 2.25. The van der Waals surface area contributed by atoms with Gasteiger partial charge in [-0.1, -0.05) is 60.7 Å². The van der Waals surface area contributed by atoms with Crippen molar-refractivity contribution in [3.05, 3.63) is 126 Å². The number of nitrogens with zero attached hydrogens (tertiary/aromatic N) is 2. The SMILES string of the molecule is O=C(NCc1ccc(N2CCCCC2)cc1)c1ccc(CN(c2ccccc2)S(=O)(=O)c2ccccc2)cc1. The molecule has 0 bridgehead atoms. The third-order valence-corrected chi connectivity index (χ3v) is 8.82. The van der Waals surface area contributed by atoms with Crippen molar-refractivity contribution in [2.75, 3.05) is 22.3 Å². The van der Waals surface area contributed by atoms with E-state index in [1.54, 1.807) is 66.7 Å². The second kappa shape index (κ2) is 12.2. The third-order valence-electron chi connectivity index (χ3n) is 7.03. The highest BCUT2D eigenvalue weighted by Crippen LogP contribution is 2.26. The van der Waals surface area contributed by atoms with Crippen LogP contribution in [-0.2, 0) is 23.1 Å². The molecule has 1 aliphatic rings. The van der Waals surface area contributed by atoms with Crippen molar-refractivity contribution >= 4 is 27.3 Å². The smallest absolute Gasteiger partial charge is 0.264 e. The van der Waals surface area contributed by atoms with Gasteiger partial charge in [0.05, 0.1) is 17.1 Å². The summed E-state index contributed by atoms with van der Waals surface area (Å²) < 4.78 is 28.4. The van der Waals surface area contributed by atoms with Crippen LogP contribution in [0.5, 0.6) is 0 Å². The Kier molecular flexibility index (Phi) is 8.27. The van der Waals surface area contributed by atoms with Crippen molar-refractivity contribution in [3.8, 4) is 0 Å². The van der Waals surface area contributed by atoms with Gasteiger partial charge in [-0.15, -0.1) is 0 Å². The van der Waals surface area contributed by atoms with Crippen LogP contribution in [0.2, 0.25) is 0 Å². The van der Waals surface area contributed by atoms with Crippen molar-refractivity contribution in [2.24, 2.45) is 0 Å². The van der Waals surface area contributed by atoms with Crippen molar-refractivity contribution in [1.29, 1.82) is 0 Å². The number of sulfonamides is 1. The van der Waals surface area contributed by atoms with Crippen LogP contribution in [0.3, 0.4) is 0 Å². The molecule has 0 spiro atoms. The number of carbonyl (C=O) groups excluding carboxylic acids is 1. The number of hydrogen-bond donors (Lipinski definition) is 1. The van der Waals surface area contributed by atoms with Gasteiger partial charge in [0.1, 0.15) is 0 Å². The average Bonchev–Trinajstić information content (AvgIpc) is 3.00. The van der Waals surface area contributed by atoms with Crippen LogP contribution in [0.4, 0.5) is 11.4 Å². The van der Waals surface area contributed by atoms with Crippen LogP contribution in [-0.4, -0.2) is 27.4 Å². The monoisotopic (exact) mass is 539 g/mol. The molecule has 1 fully saturated rings. The first kappa shape index (κ1) is 26.5. The molecule has 1 aliphatic heterocycles. The fourth-order valence-electron chi connectivity index (χ4n) is 4.82. The standard InChI is InChI=1S/C32H33N3O3S/c36-32(33-24-26-16-20-29(21-17-26)34-22-8-3-9-23-34)28-18-14-27(15-19-28)25-35(30-10-4-1-5-11-30)39(37,38)31-12-6-2-7-13-31/h1-2,4-7,10-21H,3,8-9,22-25H2,(H,33,36). The molecule has 1 saturated heterocycles. The predicted molar refractivity (Wildman–Crippen MR) is 156 cm³/mol. The lowest BCUT2D eigenvalue weighted by molar-refractivity contribution is 0.0951. The van der Waals surface area contributed by atoms with Crippen molar-refractivity contribution in [3.63, 3.8) is 0 Å². The summed E-state index contributed by atoms with van der Waals surface area (Å²) >= 11 is 0. The lowest BCUT2D eigenvalue weighted by atomic mass is 10.1. The van der Waals surface area contributed by atoms with E-state index in [1.807, 2.05) is 18.2 Å². The maximum atomic E-state index is 13.5. The van der Waals surface area contributed by atoms with Gasteiger partial charge in [-0.2, -0.15) is 0 Å². The number of carbonyl (C=O) groups is 1. The molecule has 1 amide bonds. The van der Waals surface area contributed by atoms with Gasteiger partial charge in [0.2, 0.25) is 0 Å². The van der Waals surface area contributed by atoms with Crippen LogP contribution >= 0.6 is 0 Å². The normalized spacial score (nSPS) is 13.6. The molecule has 0 aromatic heterocycles. The van der Waals surface area contributed by atoms with Crippen molar-refractivity contribution in [1.82, 2.24) is 5.32 Å². The van der Waals surface area contributed by atoms with Gasteiger partial charge < -0.3 is 10.2 Å². The topological polar surface area (TPSA) is 69.7 Å². The molecular weight excluding hydrogens is 506 g/mol. The molecule has 1 N–H and O–H groups in total. The Balaban J connectivity index is 1.24. The van der Waals surface area contributed by atoms with Crippen LogP contribution in [0.15, 0.2) is 114 Å². The summed E-state index contributed by atoms with van der Waals surface area (Å²) in [5.41, 5.74) is 4.17. The van der Waals surface area contributed by atoms with E-state index in [9.17, 15) is 13.2 Å². The Morgan fingerprint density at radius 3 is 1.95 bits per heavy atom. The van der Waals surface area contributed by atoms with Gasteiger partial charge in [-0.3, -0.25) is 9.10 Å². The molecule has 39 heavy (non-hydrogen) atoms. The minimum atomic E-state index is -3.78. The summed E-state index contributed by atoms with van der Waals surface area (Å²) in [7, 11) is -3.78. The first-order chi connectivity index (χ1) is 19.0. The fourth-order valence-corrected chi connectivity index (χ4v) is 6.29. The Morgan fingerprint density at radius 1 is 0.718 bits per heavy atom. The highest BCUT2D eigenvalue weighted by atomic mass is 32.2. The minimum absolute atomic E-state index is 0.145. The Labute approximate surface area is 231 Å². The molecule has 4 aromatic rings. The number of nitrogens with one attached hydrogen (secondary N) is 1. The first-order valence-electron chi connectivity index (χ1n) is 13.3. The largest absolute Gasteiger partial charge is 0.372 e. The number of benzene rings is 4. The van der Waals surface area contributed by atoms with Gasteiger partial charge in [0, 0.05) is 30.9 Å². The molecule has 200 valence electrons. The minimum Gasteiger partial charge on any atom is -0.372 e. The summed E-state index contributed by atoms with van der Waals surface area (Å²) in [5.74, 6) is -0.168. The zero-order valence-electron chi connectivity index (χ0n) is 21.9. The molecule has 5 rings (SSSR count). The fraction of sp³-hybridized carbons (Fsp3) is 0.219. The zero-order chi connectivity index (χ0) is 27.1. The number of para-hydroxylation sites is 1. The summed E-state index contributed by atoms with van der Waals surface area (Å²) in [4.78, 5) is 15.5. The Morgan fingerprint density at radius 2 is 1.31 bits per heavy atom. The molecule has 4 aromatic carbocycles. The molecule has 0 radical (unpaired) electrons. The number of hydrogen-bond acceptors (Lipinski definition) is 4. The van der Waals surface area contributed by atoms with Crippen LogP contribution < -0.4 is 14.5 Å². The number of amides is 1. The van der Waals surface area contributed by atoms with Gasteiger partial charge in [-0.25, -0.2) is 8.42 Å². The first-order valence-corrected chi connectivity index (χ1v) is 14.8. The quantitative estimate of drug-likeness (QED) is 0.283. The Bertz CT molecular complexity index is 1470. The van der Waals surface area contributed by atoms with E-state index in [2.05, 4.69) is 34.5 Å². The van der Waals surface area contributed by atoms with E-state index in [0.717, 1.165) is 24.2 Å². The van der Waals surface area contributed by atoms with Gasteiger partial charge >= 0.3 is 0 Å². The van der Waals surface area contributed by atoms with Crippen molar-refractivity contribution < 1.29 is 13.2 Å². The number of anilines is 2. The highest BCUT2D eigenvalue weighted by molar-refractivity contribution is 7.92. The van der Waals surface area contributed by atoms with E-state index < -0.39 is 10.0 Å². The lowest BCUT2D eigenvalue weighted by Gasteiger charge is -2.28. The zero-order valence-corrected chi connectivity index (χ0v) is 22.7. The van der Waals surface area contributed by atoms with Crippen LogP contribution in [0.1, 0.15) is 40.7 Å². The van der Waals surface area contributed by atoms with E-state index >= 15 is 0 Å². The summed E-state index contributed by atoms with van der Waals surface area (Å²) in [6, 6.07) is 32.9. The van der Waals surface area contributed by atoms with Crippen LogP contribution in [0, 0.1) is 0 Å². The Hall–Kier alpha value is -4.10. The summed E-state index contributed by atoms with van der Waals surface area (Å²) in [6.45, 7) is 2.80. The second-order valence-electron chi connectivity index (χ2n) is 9.75. The molecule has 0 aliphatic carbocycles. The molecule has 0 unspecified atom stereocenters. The number of rotatable bonds is 9. The van der Waals surface area contributed by atoms with Crippen molar-refractivity contribution in [2.45, 2.75) is 37.2 Å². The van der Waals surface area contributed by atoms with Gasteiger partial charge in [-0.05, 0) is 78.9 Å². The third kappa shape index (κ3) is 6.49. The lowest BCUT2D eigenvalue weighted by Crippen LogP contribution is -2.30. The van der Waals surface area contributed by atoms with Gasteiger partial charge in [0.25, 0.3) is 15.9 Å². The predicted octanol–water partition coefficient (Wildman–Crippen LogP) is 6.00. The number of piperidine rings is 1. The maximum absolute atomic E-state index is 13.5. The van der Waals surface area contributed by atoms with Crippen LogP contribution in [0.25, 0.3) is 0 Å².